The molecular formula is C14H22N2O2S. The van der Waals surface area contributed by atoms with Crippen LogP contribution in [0.15, 0.2) is 29.2 Å². The number of hydrogen-bond acceptors (Lipinski definition) is 3. The van der Waals surface area contributed by atoms with Gasteiger partial charge in [0.15, 0.2) is 0 Å². The van der Waals surface area contributed by atoms with Gasteiger partial charge in [0.2, 0.25) is 10.0 Å². The minimum Gasteiger partial charge on any atom is -0.324 e. The van der Waals surface area contributed by atoms with Crippen molar-refractivity contribution in [2.24, 2.45) is 11.7 Å². The molecule has 0 spiro atoms. The van der Waals surface area contributed by atoms with Crippen LogP contribution in [0, 0.1) is 5.92 Å². The van der Waals surface area contributed by atoms with E-state index in [0.29, 0.717) is 11.4 Å². The highest BCUT2D eigenvalue weighted by Crippen LogP contribution is 2.33. The molecule has 19 heavy (non-hydrogen) atoms. The van der Waals surface area contributed by atoms with Crippen molar-refractivity contribution in [3.8, 4) is 0 Å². The third kappa shape index (κ3) is 4.30. The highest BCUT2D eigenvalue weighted by molar-refractivity contribution is 7.89. The Morgan fingerprint density at radius 2 is 2.16 bits per heavy atom. The number of sulfonamides is 1. The molecular weight excluding hydrogens is 260 g/mol. The van der Waals surface area contributed by atoms with Crippen LogP contribution in [0.4, 0.5) is 0 Å². The van der Waals surface area contributed by atoms with Gasteiger partial charge in [0, 0.05) is 12.6 Å². The van der Waals surface area contributed by atoms with Crippen LogP contribution in [0.2, 0.25) is 0 Å². The number of nitrogens with two attached hydrogens (primary N) is 1. The zero-order chi connectivity index (χ0) is 13.9. The van der Waals surface area contributed by atoms with Crippen LogP contribution in [0.1, 0.15) is 44.2 Å². The minimum atomic E-state index is -3.40. The van der Waals surface area contributed by atoms with E-state index in [-0.39, 0.29) is 6.04 Å². The fourth-order valence-corrected chi connectivity index (χ4v) is 3.18. The average Bonchev–Trinajstić information content (AvgIpc) is 3.19. The summed E-state index contributed by atoms with van der Waals surface area (Å²) in [6.07, 6.45) is 4.66. The Labute approximate surface area is 115 Å². The van der Waals surface area contributed by atoms with Gasteiger partial charge in [-0.1, -0.05) is 25.0 Å². The van der Waals surface area contributed by atoms with Gasteiger partial charge < -0.3 is 5.73 Å². The molecule has 1 atom stereocenters. The van der Waals surface area contributed by atoms with E-state index in [1.807, 2.05) is 13.0 Å². The van der Waals surface area contributed by atoms with Crippen LogP contribution in [0.3, 0.4) is 0 Å². The Hall–Kier alpha value is -0.910. The van der Waals surface area contributed by atoms with Gasteiger partial charge in [-0.2, -0.15) is 0 Å². The second-order valence-electron chi connectivity index (χ2n) is 5.34. The third-order valence-electron chi connectivity index (χ3n) is 3.47. The Morgan fingerprint density at radius 1 is 1.42 bits per heavy atom. The zero-order valence-electron chi connectivity index (χ0n) is 11.3. The summed E-state index contributed by atoms with van der Waals surface area (Å²) in [4.78, 5) is 0.300. The lowest BCUT2D eigenvalue weighted by molar-refractivity contribution is 0.572. The molecule has 1 aliphatic rings. The maximum Gasteiger partial charge on any atom is 0.240 e. The van der Waals surface area contributed by atoms with E-state index in [1.165, 1.54) is 12.8 Å². The van der Waals surface area contributed by atoms with Crippen molar-refractivity contribution in [2.75, 3.05) is 6.54 Å². The molecule has 1 aromatic carbocycles. The number of benzene rings is 1. The molecule has 0 radical (unpaired) electrons. The first kappa shape index (κ1) is 14.5. The van der Waals surface area contributed by atoms with Crippen molar-refractivity contribution >= 4 is 10.0 Å². The molecule has 0 saturated heterocycles. The summed E-state index contributed by atoms with van der Waals surface area (Å²) in [5, 5.41) is 0. The maximum atomic E-state index is 12.1. The minimum absolute atomic E-state index is 0.162. The molecule has 0 aromatic heterocycles. The van der Waals surface area contributed by atoms with Crippen molar-refractivity contribution in [3.63, 3.8) is 0 Å². The lowest BCUT2D eigenvalue weighted by Crippen LogP contribution is -2.25. The lowest BCUT2D eigenvalue weighted by Gasteiger charge is -2.10. The molecule has 0 amide bonds. The summed E-state index contributed by atoms with van der Waals surface area (Å²) >= 11 is 0. The molecule has 0 bridgehead atoms. The molecule has 0 heterocycles. The summed E-state index contributed by atoms with van der Waals surface area (Å²) in [7, 11) is -3.40. The molecule has 1 aliphatic carbocycles. The molecule has 1 saturated carbocycles. The maximum absolute atomic E-state index is 12.1. The summed E-state index contributed by atoms with van der Waals surface area (Å²) in [5.74, 6) is 0.839. The molecule has 4 nitrogen and oxygen atoms in total. The number of rotatable bonds is 7. The van der Waals surface area contributed by atoms with Crippen molar-refractivity contribution in [1.82, 2.24) is 4.72 Å². The third-order valence-corrected chi connectivity index (χ3v) is 4.93. The molecule has 5 heteroatoms. The number of nitrogens with one attached hydrogen (secondary N) is 1. The number of hydrogen-bond donors (Lipinski definition) is 2. The predicted octanol–water partition coefficient (Wildman–Crippen LogP) is 2.17. The van der Waals surface area contributed by atoms with E-state index in [1.54, 1.807) is 18.2 Å². The molecule has 106 valence electrons. The Bertz CT molecular complexity index is 522. The second-order valence-corrected chi connectivity index (χ2v) is 7.11. The fraction of sp³-hybridized carbons (Fsp3) is 0.571. The smallest absolute Gasteiger partial charge is 0.240 e. The van der Waals surface area contributed by atoms with Gasteiger partial charge in [0.25, 0.3) is 0 Å². The first-order chi connectivity index (χ1) is 8.99. The van der Waals surface area contributed by atoms with E-state index in [0.717, 1.165) is 24.3 Å². The van der Waals surface area contributed by atoms with Crippen LogP contribution in [0.5, 0.6) is 0 Å². The summed E-state index contributed by atoms with van der Waals surface area (Å²) in [6.45, 7) is 2.36. The van der Waals surface area contributed by atoms with Gasteiger partial charge in [-0.15, -0.1) is 0 Å². The van der Waals surface area contributed by atoms with Crippen LogP contribution in [0.25, 0.3) is 0 Å². The highest BCUT2D eigenvalue weighted by Gasteiger charge is 2.21. The molecule has 3 N–H and O–H groups in total. The predicted molar refractivity (Wildman–Crippen MR) is 76.2 cm³/mol. The van der Waals surface area contributed by atoms with Gasteiger partial charge >= 0.3 is 0 Å². The zero-order valence-corrected chi connectivity index (χ0v) is 12.1. The SMILES string of the molecule is CC(N)c1cccc(S(=O)(=O)NCCCC2CC2)c1. The van der Waals surface area contributed by atoms with E-state index < -0.39 is 10.0 Å². The highest BCUT2D eigenvalue weighted by atomic mass is 32.2. The summed E-state index contributed by atoms with van der Waals surface area (Å²) in [5.41, 5.74) is 6.61. The Balaban J connectivity index is 1.95. The average molecular weight is 282 g/mol. The van der Waals surface area contributed by atoms with Crippen molar-refractivity contribution in [1.29, 1.82) is 0 Å². The van der Waals surface area contributed by atoms with Crippen LogP contribution in [-0.4, -0.2) is 15.0 Å². The van der Waals surface area contributed by atoms with Gasteiger partial charge in [-0.25, -0.2) is 13.1 Å². The van der Waals surface area contributed by atoms with Crippen molar-refractivity contribution < 1.29 is 8.42 Å². The van der Waals surface area contributed by atoms with Gasteiger partial charge in [0.05, 0.1) is 4.90 Å². The summed E-state index contributed by atoms with van der Waals surface area (Å²) in [6, 6.07) is 6.67. The standard InChI is InChI=1S/C14H22N2O2S/c1-11(15)13-5-2-6-14(10-13)19(17,18)16-9-3-4-12-7-8-12/h2,5-6,10-12,16H,3-4,7-9,15H2,1H3. The molecule has 2 rings (SSSR count). The first-order valence-corrected chi connectivity index (χ1v) is 8.32. The van der Waals surface area contributed by atoms with E-state index in [4.69, 9.17) is 5.73 Å². The van der Waals surface area contributed by atoms with Gasteiger partial charge in [-0.05, 0) is 43.4 Å². The normalized spacial score (nSPS) is 17.4. The van der Waals surface area contributed by atoms with E-state index in [9.17, 15) is 8.42 Å². The van der Waals surface area contributed by atoms with E-state index >= 15 is 0 Å². The van der Waals surface area contributed by atoms with E-state index in [2.05, 4.69) is 4.72 Å². The van der Waals surface area contributed by atoms with Gasteiger partial charge in [0.1, 0.15) is 0 Å². The van der Waals surface area contributed by atoms with Crippen LogP contribution >= 0.6 is 0 Å². The van der Waals surface area contributed by atoms with Crippen molar-refractivity contribution in [3.05, 3.63) is 29.8 Å². The quantitative estimate of drug-likeness (QED) is 0.753. The fourth-order valence-electron chi connectivity index (χ4n) is 2.05. The molecule has 1 aromatic rings. The molecule has 1 fully saturated rings. The summed E-state index contributed by atoms with van der Waals surface area (Å²) < 4.78 is 26.9. The first-order valence-electron chi connectivity index (χ1n) is 6.84. The lowest BCUT2D eigenvalue weighted by atomic mass is 10.1. The molecule has 0 aliphatic heterocycles. The van der Waals surface area contributed by atoms with Crippen molar-refractivity contribution in [2.45, 2.75) is 43.5 Å². The van der Waals surface area contributed by atoms with Gasteiger partial charge in [-0.3, -0.25) is 0 Å². The van der Waals surface area contributed by atoms with Crippen LogP contribution < -0.4 is 10.5 Å². The largest absolute Gasteiger partial charge is 0.324 e. The Kier molecular flexibility index (Phi) is 4.60. The topological polar surface area (TPSA) is 72.2 Å². The van der Waals surface area contributed by atoms with Crippen LogP contribution in [-0.2, 0) is 10.0 Å². The monoisotopic (exact) mass is 282 g/mol. The Morgan fingerprint density at radius 3 is 2.79 bits per heavy atom. The second kappa shape index (κ2) is 6.03. The molecule has 1 unspecified atom stereocenters.